The van der Waals surface area contributed by atoms with E-state index < -0.39 is 16.7 Å². The van der Waals surface area contributed by atoms with Crippen LogP contribution in [-0.4, -0.2) is 40.0 Å². The summed E-state index contributed by atoms with van der Waals surface area (Å²) < 4.78 is 4.93. The van der Waals surface area contributed by atoms with E-state index in [1.165, 1.54) is 24.3 Å². The van der Waals surface area contributed by atoms with Crippen LogP contribution in [0, 0.1) is 10.1 Å². The van der Waals surface area contributed by atoms with E-state index in [0.717, 1.165) is 0 Å². The third-order valence-corrected chi connectivity index (χ3v) is 4.02. The van der Waals surface area contributed by atoms with Crippen LogP contribution in [0.1, 0.15) is 21.0 Å². The summed E-state index contributed by atoms with van der Waals surface area (Å²) in [7, 11) is 0. The molecule has 0 saturated carbocycles. The van der Waals surface area contributed by atoms with Gasteiger partial charge in [0.1, 0.15) is 5.56 Å². The fourth-order valence-electron chi connectivity index (χ4n) is 2.38. The predicted octanol–water partition coefficient (Wildman–Crippen LogP) is 2.46. The first-order chi connectivity index (χ1) is 14.0. The van der Waals surface area contributed by atoms with E-state index in [4.69, 9.17) is 16.1 Å². The molecule has 1 aromatic heterocycles. The minimum Gasteiger partial charge on any atom is -0.350 e. The number of amides is 2. The molecule has 0 aliphatic carbocycles. The molecule has 10 nitrogen and oxygen atoms in total. The Morgan fingerprint density at radius 2 is 1.69 bits per heavy atom. The molecule has 0 unspecified atom stereocenters. The van der Waals surface area contributed by atoms with Crippen molar-refractivity contribution in [2.45, 2.75) is 0 Å². The molecule has 0 bridgehead atoms. The number of rotatable bonds is 7. The van der Waals surface area contributed by atoms with Crippen LogP contribution in [0.2, 0.25) is 5.02 Å². The van der Waals surface area contributed by atoms with Crippen LogP contribution in [0.4, 0.5) is 5.69 Å². The number of carbonyl (C=O) groups is 2. The van der Waals surface area contributed by atoms with Crippen LogP contribution in [0.25, 0.3) is 11.4 Å². The molecule has 3 aromatic rings. The van der Waals surface area contributed by atoms with Crippen LogP contribution in [0.3, 0.4) is 0 Å². The van der Waals surface area contributed by atoms with Gasteiger partial charge in [-0.25, -0.2) is 0 Å². The van der Waals surface area contributed by atoms with Crippen molar-refractivity contribution >= 4 is 29.1 Å². The van der Waals surface area contributed by atoms with Gasteiger partial charge in [0.15, 0.2) is 0 Å². The van der Waals surface area contributed by atoms with Gasteiger partial charge in [0.05, 0.1) is 4.92 Å². The van der Waals surface area contributed by atoms with Gasteiger partial charge in [-0.2, -0.15) is 4.98 Å². The SMILES string of the molecule is O=C(NCCNC(=O)c1ccccc1[N+](=O)[O-])c1nc(-c2ccc(Cl)cc2)no1. The lowest BCUT2D eigenvalue weighted by atomic mass is 10.1. The Kier molecular flexibility index (Phi) is 6.15. The molecule has 0 aliphatic rings. The Labute approximate surface area is 169 Å². The smallest absolute Gasteiger partial charge is 0.316 e. The number of hydrogen-bond donors (Lipinski definition) is 2. The Hall–Kier alpha value is -3.79. The molecule has 3 rings (SSSR count). The lowest BCUT2D eigenvalue weighted by Gasteiger charge is -2.06. The van der Waals surface area contributed by atoms with Gasteiger partial charge < -0.3 is 15.2 Å². The molecular formula is C18H14ClN5O5. The highest BCUT2D eigenvalue weighted by atomic mass is 35.5. The Morgan fingerprint density at radius 3 is 2.38 bits per heavy atom. The minimum absolute atomic E-state index is 0.0504. The number of aromatic nitrogens is 2. The van der Waals surface area contributed by atoms with E-state index in [1.54, 1.807) is 24.3 Å². The van der Waals surface area contributed by atoms with Crippen molar-refractivity contribution in [2.75, 3.05) is 13.1 Å². The fraction of sp³-hybridized carbons (Fsp3) is 0.111. The van der Waals surface area contributed by atoms with Gasteiger partial charge >= 0.3 is 11.8 Å². The number of nitrogens with one attached hydrogen (secondary N) is 2. The summed E-state index contributed by atoms with van der Waals surface area (Å²) in [5.41, 5.74) is 0.275. The van der Waals surface area contributed by atoms with Gasteiger partial charge in [-0.15, -0.1) is 0 Å². The summed E-state index contributed by atoms with van der Waals surface area (Å²) in [5, 5.41) is 20.3. The number of nitrogens with zero attached hydrogens (tertiary/aromatic N) is 3. The monoisotopic (exact) mass is 415 g/mol. The van der Waals surface area contributed by atoms with Gasteiger partial charge in [-0.3, -0.25) is 19.7 Å². The van der Waals surface area contributed by atoms with E-state index in [2.05, 4.69) is 20.8 Å². The van der Waals surface area contributed by atoms with Crippen LogP contribution in [0.5, 0.6) is 0 Å². The molecule has 2 N–H and O–H groups in total. The van der Waals surface area contributed by atoms with Crippen LogP contribution in [0.15, 0.2) is 53.1 Å². The van der Waals surface area contributed by atoms with Crippen molar-refractivity contribution in [1.82, 2.24) is 20.8 Å². The van der Waals surface area contributed by atoms with E-state index in [9.17, 15) is 19.7 Å². The van der Waals surface area contributed by atoms with Gasteiger partial charge in [0.2, 0.25) is 5.82 Å². The zero-order valence-corrected chi connectivity index (χ0v) is 15.5. The highest BCUT2D eigenvalue weighted by molar-refractivity contribution is 6.30. The molecule has 148 valence electrons. The fourth-order valence-corrected chi connectivity index (χ4v) is 2.51. The number of benzene rings is 2. The molecule has 1 heterocycles. The third-order valence-electron chi connectivity index (χ3n) is 3.76. The number of nitro groups is 1. The molecule has 2 aromatic carbocycles. The molecule has 29 heavy (non-hydrogen) atoms. The quantitative estimate of drug-likeness (QED) is 0.343. The maximum absolute atomic E-state index is 12.1. The average molecular weight is 416 g/mol. The van der Waals surface area contributed by atoms with Gasteiger partial charge in [-0.05, 0) is 30.3 Å². The maximum Gasteiger partial charge on any atom is 0.316 e. The Morgan fingerprint density at radius 1 is 1.03 bits per heavy atom. The molecular weight excluding hydrogens is 402 g/mol. The molecule has 2 amide bonds. The molecule has 0 fully saturated rings. The van der Waals surface area contributed by atoms with Crippen molar-refractivity contribution in [3.8, 4) is 11.4 Å². The topological polar surface area (TPSA) is 140 Å². The normalized spacial score (nSPS) is 10.4. The van der Waals surface area contributed by atoms with Crippen molar-refractivity contribution in [3.63, 3.8) is 0 Å². The number of para-hydroxylation sites is 1. The van der Waals surface area contributed by atoms with Gasteiger partial charge in [-0.1, -0.05) is 28.9 Å². The molecule has 0 saturated heterocycles. The second-order valence-corrected chi connectivity index (χ2v) is 6.15. The number of hydrogen-bond acceptors (Lipinski definition) is 7. The highest BCUT2D eigenvalue weighted by Crippen LogP contribution is 2.19. The van der Waals surface area contributed by atoms with Crippen LogP contribution >= 0.6 is 11.6 Å². The van der Waals surface area contributed by atoms with Crippen molar-refractivity contribution in [3.05, 3.63) is 75.1 Å². The highest BCUT2D eigenvalue weighted by Gasteiger charge is 2.19. The minimum atomic E-state index is -0.634. The third kappa shape index (κ3) is 4.93. The van der Waals surface area contributed by atoms with E-state index in [-0.39, 0.29) is 36.1 Å². The summed E-state index contributed by atoms with van der Waals surface area (Å²) in [6, 6.07) is 12.3. The number of halogens is 1. The molecule has 0 radical (unpaired) electrons. The Balaban J connectivity index is 1.51. The number of carbonyl (C=O) groups excluding carboxylic acids is 2. The summed E-state index contributed by atoms with van der Waals surface area (Å²) in [6.45, 7) is 0.110. The molecule has 11 heteroatoms. The zero-order chi connectivity index (χ0) is 20.8. The first kappa shape index (κ1) is 20.0. The molecule has 0 spiro atoms. The Bertz CT molecular complexity index is 1050. The second kappa shape index (κ2) is 8.93. The lowest BCUT2D eigenvalue weighted by molar-refractivity contribution is -0.385. The summed E-state index contributed by atoms with van der Waals surface area (Å²) in [6.07, 6.45) is 0. The second-order valence-electron chi connectivity index (χ2n) is 5.72. The van der Waals surface area contributed by atoms with Gasteiger partial charge in [0.25, 0.3) is 11.6 Å². The zero-order valence-electron chi connectivity index (χ0n) is 14.8. The van der Waals surface area contributed by atoms with E-state index in [1.807, 2.05) is 0 Å². The van der Waals surface area contributed by atoms with E-state index in [0.29, 0.717) is 10.6 Å². The largest absolute Gasteiger partial charge is 0.350 e. The number of nitro benzene ring substituents is 1. The van der Waals surface area contributed by atoms with E-state index >= 15 is 0 Å². The maximum atomic E-state index is 12.1. The average Bonchev–Trinajstić information content (AvgIpc) is 3.21. The van der Waals surface area contributed by atoms with Crippen molar-refractivity contribution < 1.29 is 19.0 Å². The standard InChI is InChI=1S/C18H14ClN5O5/c19-12-7-5-11(6-8-12)15-22-18(29-23-15)17(26)21-10-9-20-16(25)13-3-1-2-4-14(13)24(27)28/h1-8H,9-10H2,(H,20,25)(H,21,26). The first-order valence-electron chi connectivity index (χ1n) is 8.35. The van der Waals surface area contributed by atoms with Crippen molar-refractivity contribution in [1.29, 1.82) is 0 Å². The van der Waals surface area contributed by atoms with Crippen molar-refractivity contribution in [2.24, 2.45) is 0 Å². The summed E-state index contributed by atoms with van der Waals surface area (Å²) in [4.78, 5) is 38.5. The first-order valence-corrected chi connectivity index (χ1v) is 8.73. The molecule has 0 atom stereocenters. The predicted molar refractivity (Wildman–Crippen MR) is 103 cm³/mol. The van der Waals surface area contributed by atoms with Crippen LogP contribution < -0.4 is 10.6 Å². The molecule has 0 aliphatic heterocycles. The van der Waals surface area contributed by atoms with Crippen LogP contribution in [-0.2, 0) is 0 Å². The van der Waals surface area contributed by atoms with Gasteiger partial charge in [0, 0.05) is 29.7 Å². The summed E-state index contributed by atoms with van der Waals surface area (Å²) >= 11 is 5.82. The lowest BCUT2D eigenvalue weighted by Crippen LogP contribution is -2.35. The summed E-state index contributed by atoms with van der Waals surface area (Å²) in [5.74, 6) is -1.23.